The van der Waals surface area contributed by atoms with Crippen molar-refractivity contribution in [1.29, 1.82) is 0 Å². The summed E-state index contributed by atoms with van der Waals surface area (Å²) < 4.78 is 16.4. The average Bonchev–Trinajstić information content (AvgIpc) is 2.78. The Kier molecular flexibility index (Phi) is 6.05. The second-order valence-electron chi connectivity index (χ2n) is 7.73. The van der Waals surface area contributed by atoms with E-state index in [0.29, 0.717) is 0 Å². The Morgan fingerprint density at radius 2 is 1.61 bits per heavy atom. The molecular weight excluding hydrogens is 444 g/mol. The van der Waals surface area contributed by atoms with E-state index in [1.165, 1.54) is 12.1 Å². The standard InChI is InChI=1S/C21H22O12/c22-6-13-15(26)17(28)19(30)21(33-13)31-8-4-11(25)14-12(5-8)32-20(18(29)16(14)27)7-1-2-9(23)10(24)3-7/h1-5,13,15,17-26,28-30H,6H2/t13-,15-,17+,18?,19-,20?,21-/m1/s1. The molecule has 0 saturated carbocycles. The fourth-order valence-electron chi connectivity index (χ4n) is 3.74. The third kappa shape index (κ3) is 4.04. The van der Waals surface area contributed by atoms with Crippen LogP contribution in [0, 0.1) is 0 Å². The largest absolute Gasteiger partial charge is 0.507 e. The molecule has 7 atom stereocenters. The number of fused-ring (bicyclic) bond motifs is 1. The first-order valence-electron chi connectivity index (χ1n) is 9.87. The second-order valence-corrected chi connectivity index (χ2v) is 7.73. The van der Waals surface area contributed by atoms with Gasteiger partial charge in [-0.25, -0.2) is 0 Å². The molecule has 33 heavy (non-hydrogen) atoms. The predicted octanol–water partition coefficient (Wildman–Crippen LogP) is -1.34. The number of carbonyl (C=O) groups is 1. The number of aliphatic hydroxyl groups excluding tert-OH is 5. The molecule has 2 heterocycles. The molecule has 0 aliphatic carbocycles. The van der Waals surface area contributed by atoms with Gasteiger partial charge in [0.2, 0.25) is 12.1 Å². The zero-order valence-electron chi connectivity index (χ0n) is 16.8. The monoisotopic (exact) mass is 466 g/mol. The van der Waals surface area contributed by atoms with Crippen LogP contribution in [0.1, 0.15) is 22.0 Å². The highest BCUT2D eigenvalue weighted by Gasteiger charge is 2.45. The van der Waals surface area contributed by atoms with Gasteiger partial charge in [-0.2, -0.15) is 0 Å². The van der Waals surface area contributed by atoms with Gasteiger partial charge in [-0.3, -0.25) is 4.79 Å². The van der Waals surface area contributed by atoms with Crippen LogP contribution in [0.5, 0.6) is 28.7 Å². The number of carbonyl (C=O) groups excluding carboxylic acids is 1. The van der Waals surface area contributed by atoms with E-state index in [9.17, 15) is 45.6 Å². The van der Waals surface area contributed by atoms with Crippen molar-refractivity contribution >= 4 is 5.78 Å². The summed E-state index contributed by atoms with van der Waals surface area (Å²) in [6, 6.07) is 5.76. The predicted molar refractivity (Wildman–Crippen MR) is 106 cm³/mol. The third-order valence-corrected chi connectivity index (χ3v) is 5.54. The van der Waals surface area contributed by atoms with E-state index >= 15 is 0 Å². The average molecular weight is 466 g/mol. The van der Waals surface area contributed by atoms with Crippen LogP contribution in [0.25, 0.3) is 0 Å². The lowest BCUT2D eigenvalue weighted by molar-refractivity contribution is -0.277. The van der Waals surface area contributed by atoms with E-state index < -0.39 is 72.6 Å². The number of aromatic hydroxyl groups is 3. The molecular formula is C21H22O12. The molecule has 0 amide bonds. The van der Waals surface area contributed by atoms with Crippen molar-refractivity contribution in [3.05, 3.63) is 41.5 Å². The molecule has 2 aliphatic rings. The molecule has 4 rings (SSSR count). The molecule has 0 radical (unpaired) electrons. The molecule has 2 aromatic rings. The molecule has 0 spiro atoms. The topological polar surface area (TPSA) is 207 Å². The minimum atomic E-state index is -1.73. The number of phenols is 3. The molecule has 12 nitrogen and oxygen atoms in total. The van der Waals surface area contributed by atoms with Crippen molar-refractivity contribution in [2.75, 3.05) is 6.61 Å². The van der Waals surface area contributed by atoms with E-state index in [-0.39, 0.29) is 22.6 Å². The van der Waals surface area contributed by atoms with Crippen LogP contribution < -0.4 is 9.47 Å². The fourth-order valence-corrected chi connectivity index (χ4v) is 3.74. The lowest BCUT2D eigenvalue weighted by Gasteiger charge is -2.39. The van der Waals surface area contributed by atoms with Crippen LogP contribution in [0.3, 0.4) is 0 Å². The van der Waals surface area contributed by atoms with Gasteiger partial charge in [0.25, 0.3) is 0 Å². The van der Waals surface area contributed by atoms with E-state index in [0.717, 1.165) is 18.2 Å². The van der Waals surface area contributed by atoms with Gasteiger partial charge >= 0.3 is 0 Å². The number of phenolic OH excluding ortho intramolecular Hbond substituents is 3. The van der Waals surface area contributed by atoms with E-state index in [1.807, 2.05) is 0 Å². The van der Waals surface area contributed by atoms with E-state index in [2.05, 4.69) is 0 Å². The number of Topliss-reactive ketones (excluding diaryl/α,β-unsaturated/α-hetero) is 1. The van der Waals surface area contributed by atoms with Gasteiger partial charge in [-0.15, -0.1) is 0 Å². The van der Waals surface area contributed by atoms with Gasteiger partial charge in [0.05, 0.1) is 6.61 Å². The lowest BCUT2D eigenvalue weighted by Crippen LogP contribution is -2.60. The smallest absolute Gasteiger partial charge is 0.229 e. The first kappa shape index (κ1) is 23.0. The summed E-state index contributed by atoms with van der Waals surface area (Å²) in [4.78, 5) is 12.7. The van der Waals surface area contributed by atoms with Crippen LogP contribution in [-0.4, -0.2) is 90.1 Å². The van der Waals surface area contributed by atoms with E-state index in [1.54, 1.807) is 0 Å². The van der Waals surface area contributed by atoms with Crippen LogP contribution >= 0.6 is 0 Å². The Labute approximate surface area is 186 Å². The second kappa shape index (κ2) is 8.67. The van der Waals surface area contributed by atoms with Crippen molar-refractivity contribution in [2.45, 2.75) is 42.9 Å². The Hall–Kier alpha value is -3.13. The zero-order chi connectivity index (χ0) is 24.0. The molecule has 1 fully saturated rings. The maximum absolute atomic E-state index is 12.7. The molecule has 2 unspecified atom stereocenters. The highest BCUT2D eigenvalue weighted by Crippen LogP contribution is 2.43. The molecule has 0 aromatic heterocycles. The molecule has 0 bridgehead atoms. The van der Waals surface area contributed by atoms with Gasteiger partial charge in [-0.1, -0.05) is 6.07 Å². The Bertz CT molecular complexity index is 1050. The van der Waals surface area contributed by atoms with E-state index in [4.69, 9.17) is 14.2 Å². The summed E-state index contributed by atoms with van der Waals surface area (Å²) in [6.45, 7) is -0.670. The van der Waals surface area contributed by atoms with Crippen molar-refractivity contribution in [3.8, 4) is 28.7 Å². The molecule has 12 heteroatoms. The van der Waals surface area contributed by atoms with Crippen molar-refractivity contribution in [2.24, 2.45) is 0 Å². The Morgan fingerprint density at radius 1 is 0.879 bits per heavy atom. The fraction of sp³-hybridized carbons (Fsp3) is 0.381. The highest BCUT2D eigenvalue weighted by atomic mass is 16.7. The van der Waals surface area contributed by atoms with Crippen molar-refractivity contribution in [1.82, 2.24) is 0 Å². The van der Waals surface area contributed by atoms with Gasteiger partial charge < -0.3 is 55.1 Å². The molecule has 8 N–H and O–H groups in total. The van der Waals surface area contributed by atoms with Gasteiger partial charge in [0.1, 0.15) is 47.2 Å². The first-order valence-corrected chi connectivity index (χ1v) is 9.87. The van der Waals surface area contributed by atoms with Crippen LogP contribution in [0.15, 0.2) is 30.3 Å². The normalized spacial score (nSPS) is 31.5. The quantitative estimate of drug-likeness (QED) is 0.246. The number of ether oxygens (including phenoxy) is 3. The van der Waals surface area contributed by atoms with Crippen LogP contribution in [-0.2, 0) is 4.74 Å². The number of ketones is 1. The minimum Gasteiger partial charge on any atom is -0.507 e. The number of hydrogen-bond donors (Lipinski definition) is 8. The summed E-state index contributed by atoms with van der Waals surface area (Å²) in [5.41, 5.74) is -0.167. The summed E-state index contributed by atoms with van der Waals surface area (Å²) in [5.74, 6) is -2.74. The first-order chi connectivity index (χ1) is 15.6. The molecule has 1 saturated heterocycles. The minimum absolute atomic E-state index is 0.160. The maximum Gasteiger partial charge on any atom is 0.229 e. The summed E-state index contributed by atoms with van der Waals surface area (Å²) >= 11 is 0. The molecule has 2 aromatic carbocycles. The number of rotatable bonds is 4. The summed E-state index contributed by atoms with van der Waals surface area (Å²) in [5, 5.41) is 79.2. The molecule has 2 aliphatic heterocycles. The summed E-state index contributed by atoms with van der Waals surface area (Å²) in [7, 11) is 0. The third-order valence-electron chi connectivity index (χ3n) is 5.54. The van der Waals surface area contributed by atoms with Crippen LogP contribution in [0.4, 0.5) is 0 Å². The van der Waals surface area contributed by atoms with Crippen molar-refractivity contribution < 1.29 is 59.9 Å². The number of benzene rings is 2. The zero-order valence-corrected chi connectivity index (χ0v) is 16.8. The number of aliphatic hydroxyl groups is 5. The molecule has 178 valence electrons. The number of hydrogen-bond acceptors (Lipinski definition) is 12. The SMILES string of the molecule is O=C1c2c(O)cc(O[C@@H]3O[C@H](CO)[C@@H](O)[C@H](O)[C@H]3O)cc2OC(c2ccc(O)c(O)c2)C1O. The van der Waals surface area contributed by atoms with Gasteiger partial charge in [0, 0.05) is 12.1 Å². The van der Waals surface area contributed by atoms with Gasteiger partial charge in [0.15, 0.2) is 23.7 Å². The highest BCUT2D eigenvalue weighted by molar-refractivity contribution is 6.05. The van der Waals surface area contributed by atoms with Crippen molar-refractivity contribution in [3.63, 3.8) is 0 Å². The van der Waals surface area contributed by atoms with Crippen LogP contribution in [0.2, 0.25) is 0 Å². The maximum atomic E-state index is 12.7. The summed E-state index contributed by atoms with van der Waals surface area (Å²) in [6.07, 6.45) is -10.8. The lowest BCUT2D eigenvalue weighted by atomic mass is 9.92. The Balaban J connectivity index is 1.64. The van der Waals surface area contributed by atoms with Gasteiger partial charge in [-0.05, 0) is 17.7 Å². The Morgan fingerprint density at radius 3 is 2.27 bits per heavy atom.